The summed E-state index contributed by atoms with van der Waals surface area (Å²) < 4.78 is 0. The van der Waals surface area contributed by atoms with E-state index in [1.807, 2.05) is 30.3 Å². The zero-order valence-electron chi connectivity index (χ0n) is 20.2. The van der Waals surface area contributed by atoms with Crippen molar-refractivity contribution in [3.05, 3.63) is 65.7 Å². The van der Waals surface area contributed by atoms with Crippen molar-refractivity contribution in [3.8, 4) is 5.75 Å². The number of carbonyl (C=O) groups excluding carboxylic acids is 4. The number of likely N-dealkylation sites (N-methyl/N-ethyl adjacent to an activating group) is 1. The zero-order valence-corrected chi connectivity index (χ0v) is 20.2. The van der Waals surface area contributed by atoms with Crippen LogP contribution in [0.1, 0.15) is 18.1 Å². The Hall–Kier alpha value is -3.96. The number of hydrogen-bond donors (Lipinski definition) is 7. The highest BCUT2D eigenvalue weighted by Gasteiger charge is 2.29. The minimum absolute atomic E-state index is 0.0274. The fourth-order valence-corrected chi connectivity index (χ4v) is 3.40. The number of aliphatic hydroxyl groups excluding tert-OH is 1. The van der Waals surface area contributed by atoms with Gasteiger partial charge in [-0.1, -0.05) is 42.5 Å². The molecule has 0 saturated carbocycles. The topological polar surface area (TPSA) is 183 Å². The average Bonchev–Trinajstić information content (AvgIpc) is 2.86. The first-order valence-corrected chi connectivity index (χ1v) is 11.4. The maximum absolute atomic E-state index is 13.0. The largest absolute Gasteiger partial charge is 0.508 e. The number of benzene rings is 2. The van der Waals surface area contributed by atoms with Gasteiger partial charge in [0.05, 0.1) is 18.7 Å². The van der Waals surface area contributed by atoms with Gasteiger partial charge in [0.25, 0.3) is 0 Å². The van der Waals surface area contributed by atoms with Gasteiger partial charge in [0.1, 0.15) is 17.8 Å². The summed E-state index contributed by atoms with van der Waals surface area (Å²) in [6.45, 7) is 0.928. The number of phenols is 1. The maximum atomic E-state index is 13.0. The Balaban J connectivity index is 2.03. The van der Waals surface area contributed by atoms with Crippen LogP contribution in [-0.2, 0) is 32.0 Å². The van der Waals surface area contributed by atoms with Crippen molar-refractivity contribution in [2.24, 2.45) is 5.73 Å². The Morgan fingerprint density at radius 1 is 0.861 bits per heavy atom. The van der Waals surface area contributed by atoms with E-state index in [1.54, 1.807) is 12.1 Å². The third kappa shape index (κ3) is 9.01. The quantitative estimate of drug-likeness (QED) is 0.190. The second-order valence-corrected chi connectivity index (χ2v) is 8.35. The van der Waals surface area contributed by atoms with Crippen LogP contribution in [0.5, 0.6) is 5.75 Å². The first-order valence-electron chi connectivity index (χ1n) is 11.4. The second-order valence-electron chi connectivity index (χ2n) is 8.35. The predicted molar refractivity (Wildman–Crippen MR) is 133 cm³/mol. The molecule has 4 atom stereocenters. The van der Waals surface area contributed by atoms with Crippen molar-refractivity contribution in [1.29, 1.82) is 0 Å². The summed E-state index contributed by atoms with van der Waals surface area (Å²) in [6.07, 6.45) is -0.871. The van der Waals surface area contributed by atoms with Crippen LogP contribution in [0.3, 0.4) is 0 Å². The Morgan fingerprint density at radius 2 is 1.47 bits per heavy atom. The van der Waals surface area contributed by atoms with Gasteiger partial charge in [-0.3, -0.25) is 19.2 Å². The first kappa shape index (κ1) is 28.3. The molecule has 0 heterocycles. The minimum Gasteiger partial charge on any atom is -0.508 e. The molecule has 36 heavy (non-hydrogen) atoms. The normalized spacial score (nSPS) is 14.0. The predicted octanol–water partition coefficient (Wildman–Crippen LogP) is -1.28. The minimum atomic E-state index is -1.24. The molecule has 0 bridgehead atoms. The van der Waals surface area contributed by atoms with Gasteiger partial charge < -0.3 is 37.2 Å². The number of hydrogen-bond acceptors (Lipinski definition) is 7. The van der Waals surface area contributed by atoms with Crippen molar-refractivity contribution in [1.82, 2.24) is 21.3 Å². The fourth-order valence-electron chi connectivity index (χ4n) is 3.40. The summed E-state index contributed by atoms with van der Waals surface area (Å²) >= 11 is 0. The molecule has 0 fully saturated rings. The summed E-state index contributed by atoms with van der Waals surface area (Å²) in [5.74, 6) is -2.46. The standard InChI is InChI=1S/C25H33N5O6/c1-15(31)22(25(36)27-2)30-24(35)20(13-17-8-10-18(32)11-9-17)29-21(33)14-28-23(34)19(26)12-16-6-4-3-5-7-16/h3-11,15,19-20,22,31-32H,12-14,26H2,1-2H3,(H,27,36)(H,28,34)(H,29,33)(H,30,35)/t15-,19+,20+,22+/m1/s1. The molecule has 0 unspecified atom stereocenters. The van der Waals surface area contributed by atoms with Gasteiger partial charge in [-0.05, 0) is 36.6 Å². The molecule has 11 nitrogen and oxygen atoms in total. The van der Waals surface area contributed by atoms with Crippen LogP contribution >= 0.6 is 0 Å². The van der Waals surface area contributed by atoms with Gasteiger partial charge in [0, 0.05) is 13.5 Å². The number of rotatable bonds is 12. The molecule has 0 radical (unpaired) electrons. The number of carbonyl (C=O) groups is 4. The molecule has 0 spiro atoms. The first-order chi connectivity index (χ1) is 17.1. The van der Waals surface area contributed by atoms with Crippen LogP contribution in [0.15, 0.2) is 54.6 Å². The number of amides is 4. The summed E-state index contributed by atoms with van der Waals surface area (Å²) in [7, 11) is 1.37. The molecule has 0 aliphatic carbocycles. The summed E-state index contributed by atoms with van der Waals surface area (Å²) in [4.78, 5) is 49.9. The van der Waals surface area contributed by atoms with Gasteiger partial charge in [-0.15, -0.1) is 0 Å². The molecule has 2 aromatic carbocycles. The van der Waals surface area contributed by atoms with Gasteiger partial charge in [0.15, 0.2) is 0 Å². The third-order valence-electron chi connectivity index (χ3n) is 5.40. The molecule has 0 aromatic heterocycles. The van der Waals surface area contributed by atoms with E-state index >= 15 is 0 Å². The van der Waals surface area contributed by atoms with E-state index < -0.39 is 54.4 Å². The molecule has 4 amide bonds. The number of phenolic OH excluding ortho intramolecular Hbond substituents is 1. The molecule has 0 saturated heterocycles. The van der Waals surface area contributed by atoms with Crippen LogP contribution in [-0.4, -0.2) is 71.7 Å². The van der Waals surface area contributed by atoms with E-state index in [2.05, 4.69) is 21.3 Å². The van der Waals surface area contributed by atoms with Crippen LogP contribution in [0, 0.1) is 0 Å². The number of nitrogens with one attached hydrogen (secondary N) is 4. The van der Waals surface area contributed by atoms with Gasteiger partial charge in [0.2, 0.25) is 23.6 Å². The molecule has 0 aliphatic rings. The van der Waals surface area contributed by atoms with Crippen LogP contribution in [0.25, 0.3) is 0 Å². The molecule has 11 heteroatoms. The Bertz CT molecular complexity index is 1030. The fraction of sp³-hybridized carbons (Fsp3) is 0.360. The van der Waals surface area contributed by atoms with E-state index in [0.717, 1.165) is 5.56 Å². The Kier molecular flexibility index (Phi) is 10.8. The monoisotopic (exact) mass is 499 g/mol. The number of nitrogens with two attached hydrogens (primary N) is 1. The maximum Gasteiger partial charge on any atom is 0.245 e. The van der Waals surface area contributed by atoms with Crippen LogP contribution in [0.2, 0.25) is 0 Å². The Morgan fingerprint density at radius 3 is 2.06 bits per heavy atom. The molecule has 2 aromatic rings. The summed E-state index contributed by atoms with van der Waals surface area (Å²) in [6, 6.07) is 12.0. The lowest BCUT2D eigenvalue weighted by atomic mass is 10.0. The molecule has 2 rings (SSSR count). The molecule has 0 aliphatic heterocycles. The molecular weight excluding hydrogens is 466 g/mol. The lowest BCUT2D eigenvalue weighted by molar-refractivity contribution is -0.134. The van der Waals surface area contributed by atoms with E-state index in [4.69, 9.17) is 5.73 Å². The summed E-state index contributed by atoms with van der Waals surface area (Å²) in [5, 5.41) is 29.2. The highest BCUT2D eigenvalue weighted by molar-refractivity contribution is 5.93. The van der Waals surface area contributed by atoms with Gasteiger partial charge >= 0.3 is 0 Å². The lowest BCUT2D eigenvalue weighted by Crippen LogP contribution is -2.58. The van der Waals surface area contributed by atoms with Crippen molar-refractivity contribution >= 4 is 23.6 Å². The van der Waals surface area contributed by atoms with Gasteiger partial charge in [-0.25, -0.2) is 0 Å². The SMILES string of the molecule is CNC(=O)[C@@H](NC(=O)[C@H](Cc1ccc(O)cc1)NC(=O)CNC(=O)[C@@H](N)Cc1ccccc1)[C@@H](C)O. The summed E-state index contributed by atoms with van der Waals surface area (Å²) in [5.41, 5.74) is 7.43. The van der Waals surface area contributed by atoms with E-state index in [9.17, 15) is 29.4 Å². The second kappa shape index (κ2) is 13.8. The number of aliphatic hydroxyl groups is 1. The van der Waals surface area contributed by atoms with Crippen molar-refractivity contribution in [3.63, 3.8) is 0 Å². The van der Waals surface area contributed by atoms with E-state index in [-0.39, 0.29) is 12.2 Å². The van der Waals surface area contributed by atoms with Crippen LogP contribution < -0.4 is 27.0 Å². The lowest BCUT2D eigenvalue weighted by Gasteiger charge is -2.24. The van der Waals surface area contributed by atoms with Crippen LogP contribution in [0.4, 0.5) is 0 Å². The van der Waals surface area contributed by atoms with Crippen molar-refractivity contribution in [2.45, 2.75) is 44.0 Å². The third-order valence-corrected chi connectivity index (χ3v) is 5.40. The highest BCUT2D eigenvalue weighted by Crippen LogP contribution is 2.12. The van der Waals surface area contributed by atoms with Crippen molar-refractivity contribution < 1.29 is 29.4 Å². The van der Waals surface area contributed by atoms with Gasteiger partial charge in [-0.2, -0.15) is 0 Å². The molecule has 8 N–H and O–H groups in total. The van der Waals surface area contributed by atoms with E-state index in [1.165, 1.54) is 26.1 Å². The zero-order chi connectivity index (χ0) is 26.7. The highest BCUT2D eigenvalue weighted by atomic mass is 16.3. The average molecular weight is 500 g/mol. The number of aromatic hydroxyl groups is 1. The Labute approximate surface area is 209 Å². The molecule has 194 valence electrons. The van der Waals surface area contributed by atoms with Crippen molar-refractivity contribution in [2.75, 3.05) is 13.6 Å². The van der Waals surface area contributed by atoms with E-state index in [0.29, 0.717) is 12.0 Å². The molecular formula is C25H33N5O6. The smallest absolute Gasteiger partial charge is 0.245 e.